The predicted molar refractivity (Wildman–Crippen MR) is 79.1 cm³/mol. The van der Waals surface area contributed by atoms with Crippen LogP contribution in [0.25, 0.3) is 0 Å². The second kappa shape index (κ2) is 7.45. The summed E-state index contributed by atoms with van der Waals surface area (Å²) in [7, 11) is 0. The van der Waals surface area contributed by atoms with Gasteiger partial charge in [0.2, 0.25) is 0 Å². The van der Waals surface area contributed by atoms with Gasteiger partial charge in [0.05, 0.1) is 6.26 Å². The zero-order chi connectivity index (χ0) is 14.4. The molecule has 0 spiro atoms. The summed E-state index contributed by atoms with van der Waals surface area (Å²) in [5, 5.41) is 3.30. The number of furan rings is 1. The highest BCUT2D eigenvalue weighted by Gasteiger charge is 2.04. The van der Waals surface area contributed by atoms with Crippen molar-refractivity contribution in [3.05, 3.63) is 52.1 Å². The zero-order valence-electron chi connectivity index (χ0n) is 11.3. The summed E-state index contributed by atoms with van der Waals surface area (Å²) in [4.78, 5) is 0. The average Bonchev–Trinajstić information content (AvgIpc) is 2.84. The first-order valence-corrected chi connectivity index (χ1v) is 7.32. The summed E-state index contributed by atoms with van der Waals surface area (Å²) in [6.07, 6.45) is 2.81. The van der Waals surface area contributed by atoms with Crippen LogP contribution in [-0.4, -0.2) is 6.54 Å². The largest absolute Gasteiger partial charge is 0.486 e. The minimum atomic E-state index is -0.335. The van der Waals surface area contributed by atoms with Crippen molar-refractivity contribution in [1.29, 1.82) is 0 Å². The van der Waals surface area contributed by atoms with Gasteiger partial charge in [0.15, 0.2) is 0 Å². The molecule has 0 atom stereocenters. The first-order chi connectivity index (χ1) is 9.67. The van der Waals surface area contributed by atoms with E-state index in [0.717, 1.165) is 30.8 Å². The predicted octanol–water partition coefficient (Wildman–Crippen LogP) is 4.26. The lowest BCUT2D eigenvalue weighted by molar-refractivity contribution is 0.269. The van der Waals surface area contributed by atoms with Gasteiger partial charge in [-0.1, -0.05) is 22.9 Å². The maximum Gasteiger partial charge on any atom is 0.146 e. The van der Waals surface area contributed by atoms with Crippen LogP contribution in [0.2, 0.25) is 0 Å². The fraction of sp³-hybridized carbons (Fsp3) is 0.333. The number of halogens is 2. The molecular weight excluding hydrogens is 325 g/mol. The first kappa shape index (κ1) is 15.1. The van der Waals surface area contributed by atoms with E-state index in [1.165, 1.54) is 12.1 Å². The molecule has 2 rings (SSSR count). The highest BCUT2D eigenvalue weighted by Crippen LogP contribution is 2.21. The second-order valence-electron chi connectivity index (χ2n) is 4.49. The highest BCUT2D eigenvalue weighted by atomic mass is 79.9. The van der Waals surface area contributed by atoms with Crippen LogP contribution in [0, 0.1) is 5.82 Å². The molecule has 0 saturated carbocycles. The van der Waals surface area contributed by atoms with E-state index >= 15 is 0 Å². The number of nitrogens with one attached hydrogen (secondary N) is 1. The molecular formula is C15H17BrFNO2. The molecule has 0 aliphatic heterocycles. The van der Waals surface area contributed by atoms with Crippen LogP contribution >= 0.6 is 15.9 Å². The summed E-state index contributed by atoms with van der Waals surface area (Å²) in [6.45, 7) is 4.17. The molecule has 0 bridgehead atoms. The van der Waals surface area contributed by atoms with Crippen LogP contribution in [-0.2, 0) is 13.2 Å². The zero-order valence-corrected chi connectivity index (χ0v) is 12.9. The van der Waals surface area contributed by atoms with Gasteiger partial charge in [0, 0.05) is 22.6 Å². The van der Waals surface area contributed by atoms with Crippen molar-refractivity contribution in [3.8, 4) is 5.75 Å². The quantitative estimate of drug-likeness (QED) is 0.764. The maximum atomic E-state index is 13.2. The topological polar surface area (TPSA) is 34.4 Å². The highest BCUT2D eigenvalue weighted by molar-refractivity contribution is 9.10. The number of benzene rings is 1. The molecule has 0 amide bonds. The molecule has 1 heterocycles. The van der Waals surface area contributed by atoms with E-state index in [1.54, 1.807) is 12.3 Å². The van der Waals surface area contributed by atoms with Gasteiger partial charge in [-0.2, -0.15) is 0 Å². The average molecular weight is 342 g/mol. The van der Waals surface area contributed by atoms with Crippen LogP contribution in [0.4, 0.5) is 4.39 Å². The van der Waals surface area contributed by atoms with Crippen molar-refractivity contribution >= 4 is 15.9 Å². The van der Waals surface area contributed by atoms with E-state index in [1.807, 2.05) is 6.07 Å². The lowest BCUT2D eigenvalue weighted by atomic mass is 10.3. The van der Waals surface area contributed by atoms with Crippen LogP contribution in [0.1, 0.15) is 24.7 Å². The lowest BCUT2D eigenvalue weighted by Crippen LogP contribution is -2.13. The summed E-state index contributed by atoms with van der Waals surface area (Å²) < 4.78 is 24.8. The molecule has 5 heteroatoms. The van der Waals surface area contributed by atoms with E-state index in [4.69, 9.17) is 9.15 Å². The second-order valence-corrected chi connectivity index (χ2v) is 5.41. The standard InChI is InChI=1S/C15H17BrFNO2/c1-2-3-18-8-11-4-15(19-9-11)10-20-14-6-12(16)5-13(17)7-14/h4-7,9,18H,2-3,8,10H2,1H3. The maximum absolute atomic E-state index is 13.2. The Labute approximate surface area is 126 Å². The SMILES string of the molecule is CCCNCc1coc(COc2cc(F)cc(Br)c2)c1. The van der Waals surface area contributed by atoms with Crippen molar-refractivity contribution in [1.82, 2.24) is 5.32 Å². The van der Waals surface area contributed by atoms with Crippen LogP contribution in [0.3, 0.4) is 0 Å². The summed E-state index contributed by atoms with van der Waals surface area (Å²) in [5.74, 6) is 0.857. The molecule has 3 nitrogen and oxygen atoms in total. The number of hydrogen-bond donors (Lipinski definition) is 1. The molecule has 0 aliphatic carbocycles. The third-order valence-corrected chi connectivity index (χ3v) is 3.14. The van der Waals surface area contributed by atoms with Gasteiger partial charge in [0.1, 0.15) is 23.9 Å². The first-order valence-electron chi connectivity index (χ1n) is 6.53. The third kappa shape index (κ3) is 4.65. The lowest BCUT2D eigenvalue weighted by Gasteiger charge is -2.04. The van der Waals surface area contributed by atoms with Crippen molar-refractivity contribution in [2.75, 3.05) is 6.54 Å². The van der Waals surface area contributed by atoms with Gasteiger partial charge < -0.3 is 14.5 Å². The molecule has 1 N–H and O–H groups in total. The fourth-order valence-electron chi connectivity index (χ4n) is 1.77. The molecule has 0 fully saturated rings. The van der Waals surface area contributed by atoms with Gasteiger partial charge in [-0.15, -0.1) is 0 Å². The molecule has 0 radical (unpaired) electrons. The Morgan fingerprint density at radius 2 is 2.15 bits per heavy atom. The molecule has 108 valence electrons. The number of ether oxygens (including phenoxy) is 1. The normalized spacial score (nSPS) is 10.8. The Bertz CT molecular complexity index is 536. The summed E-state index contributed by atoms with van der Waals surface area (Å²) in [6, 6.07) is 6.39. The van der Waals surface area contributed by atoms with Gasteiger partial charge >= 0.3 is 0 Å². The van der Waals surface area contributed by atoms with Gasteiger partial charge in [-0.3, -0.25) is 0 Å². The molecule has 0 saturated heterocycles. The van der Waals surface area contributed by atoms with Gasteiger partial charge in [-0.05, 0) is 31.2 Å². The minimum Gasteiger partial charge on any atom is -0.486 e. The van der Waals surface area contributed by atoms with Crippen molar-refractivity contribution < 1.29 is 13.5 Å². The monoisotopic (exact) mass is 341 g/mol. The van der Waals surface area contributed by atoms with E-state index in [0.29, 0.717) is 10.2 Å². The van der Waals surface area contributed by atoms with E-state index in [-0.39, 0.29) is 12.4 Å². The fourth-order valence-corrected chi connectivity index (χ4v) is 2.21. The number of rotatable bonds is 7. The Kier molecular flexibility index (Phi) is 5.61. The smallest absolute Gasteiger partial charge is 0.146 e. The van der Waals surface area contributed by atoms with E-state index in [9.17, 15) is 4.39 Å². The summed E-state index contributed by atoms with van der Waals surface area (Å²) >= 11 is 3.23. The van der Waals surface area contributed by atoms with E-state index in [2.05, 4.69) is 28.2 Å². The third-order valence-electron chi connectivity index (χ3n) is 2.68. The van der Waals surface area contributed by atoms with Gasteiger partial charge in [0.25, 0.3) is 0 Å². The molecule has 1 aromatic heterocycles. The Balaban J connectivity index is 1.87. The Morgan fingerprint density at radius 1 is 1.30 bits per heavy atom. The van der Waals surface area contributed by atoms with Crippen molar-refractivity contribution in [2.45, 2.75) is 26.5 Å². The summed E-state index contributed by atoms with van der Waals surface area (Å²) in [5.41, 5.74) is 1.08. The molecule has 1 aromatic carbocycles. The van der Waals surface area contributed by atoms with Gasteiger partial charge in [-0.25, -0.2) is 4.39 Å². The van der Waals surface area contributed by atoms with E-state index < -0.39 is 0 Å². The van der Waals surface area contributed by atoms with Crippen molar-refractivity contribution in [2.24, 2.45) is 0 Å². The van der Waals surface area contributed by atoms with Crippen molar-refractivity contribution in [3.63, 3.8) is 0 Å². The van der Waals surface area contributed by atoms with Crippen LogP contribution in [0.15, 0.2) is 39.4 Å². The number of hydrogen-bond acceptors (Lipinski definition) is 3. The minimum absolute atomic E-state index is 0.281. The van der Waals surface area contributed by atoms with Crippen LogP contribution < -0.4 is 10.1 Å². The Hall–Kier alpha value is -1.33. The Morgan fingerprint density at radius 3 is 2.90 bits per heavy atom. The molecule has 20 heavy (non-hydrogen) atoms. The van der Waals surface area contributed by atoms with Crippen LogP contribution in [0.5, 0.6) is 5.75 Å². The molecule has 2 aromatic rings. The molecule has 0 unspecified atom stereocenters. The molecule has 0 aliphatic rings.